The monoisotopic (exact) mass is 472 g/mol. The summed E-state index contributed by atoms with van der Waals surface area (Å²) in [6.45, 7) is 0. The molecule has 0 radical (unpaired) electrons. The number of rotatable bonds is 5. The molecule has 0 atom stereocenters. The Hall–Kier alpha value is -4.92. The molecule has 9 nitrogen and oxygen atoms in total. The van der Waals surface area contributed by atoms with Crippen LogP contribution in [0, 0.1) is 5.92 Å². The number of hydrogen-bond acceptors (Lipinski definition) is 6. The molecule has 0 aromatic carbocycles. The van der Waals surface area contributed by atoms with Crippen LogP contribution in [0.2, 0.25) is 0 Å². The molecule has 0 unspecified atom stereocenters. The zero-order valence-corrected chi connectivity index (χ0v) is 19.1. The maximum atomic E-state index is 12.2. The van der Waals surface area contributed by atoms with E-state index < -0.39 is 0 Å². The lowest BCUT2D eigenvalue weighted by Crippen LogP contribution is -2.13. The molecule has 1 saturated carbocycles. The third kappa shape index (κ3) is 3.58. The lowest BCUT2D eigenvalue weighted by atomic mass is 10.1. The summed E-state index contributed by atoms with van der Waals surface area (Å²) in [7, 11) is 0. The van der Waals surface area contributed by atoms with Crippen molar-refractivity contribution in [2.45, 2.75) is 12.8 Å². The van der Waals surface area contributed by atoms with Crippen molar-refractivity contribution in [1.29, 1.82) is 0 Å². The minimum absolute atomic E-state index is 0.0495. The minimum Gasteiger partial charge on any atom is -0.352 e. The predicted octanol–water partition coefficient (Wildman–Crippen LogP) is 4.97. The summed E-state index contributed by atoms with van der Waals surface area (Å²) < 4.78 is 0. The minimum atomic E-state index is 0.0495. The predicted molar refractivity (Wildman–Crippen MR) is 137 cm³/mol. The molecule has 0 saturated heterocycles. The maximum Gasteiger partial charge on any atom is 0.227 e. The number of anilines is 1. The van der Waals surface area contributed by atoms with Gasteiger partial charge in [-0.15, -0.1) is 0 Å². The maximum absolute atomic E-state index is 12.2. The summed E-state index contributed by atoms with van der Waals surface area (Å²) in [5.41, 5.74) is 8.24. The van der Waals surface area contributed by atoms with E-state index in [9.17, 15) is 4.79 Å². The molecule has 6 aromatic rings. The highest BCUT2D eigenvalue weighted by molar-refractivity contribution is 6.00. The quantitative estimate of drug-likeness (QED) is 0.325. The summed E-state index contributed by atoms with van der Waals surface area (Å²) in [4.78, 5) is 33.5. The Bertz CT molecular complexity index is 1750. The Morgan fingerprint density at radius 1 is 0.917 bits per heavy atom. The van der Waals surface area contributed by atoms with E-state index in [1.807, 2.05) is 42.7 Å². The van der Waals surface area contributed by atoms with E-state index >= 15 is 0 Å². The van der Waals surface area contributed by atoms with Crippen LogP contribution >= 0.6 is 0 Å². The molecular weight excluding hydrogens is 452 g/mol. The lowest BCUT2D eigenvalue weighted by Gasteiger charge is -2.06. The number of aromatic nitrogens is 7. The topological polar surface area (TPSA) is 125 Å². The van der Waals surface area contributed by atoms with Gasteiger partial charge in [-0.05, 0) is 43.2 Å². The van der Waals surface area contributed by atoms with Gasteiger partial charge in [0, 0.05) is 52.8 Å². The van der Waals surface area contributed by atoms with Crippen molar-refractivity contribution < 1.29 is 4.79 Å². The highest BCUT2D eigenvalue weighted by Gasteiger charge is 2.29. The number of aromatic amines is 2. The fourth-order valence-corrected chi connectivity index (χ4v) is 4.42. The number of nitrogens with zero attached hydrogens (tertiary/aromatic N) is 5. The van der Waals surface area contributed by atoms with E-state index in [4.69, 9.17) is 4.98 Å². The number of fused-ring (bicyclic) bond motifs is 2. The fraction of sp³-hybridized carbons (Fsp3) is 0.111. The van der Waals surface area contributed by atoms with Crippen LogP contribution < -0.4 is 5.32 Å². The van der Waals surface area contributed by atoms with Crippen LogP contribution in [0.5, 0.6) is 0 Å². The molecular formula is C27H20N8O. The van der Waals surface area contributed by atoms with Gasteiger partial charge in [-0.25, -0.2) is 4.98 Å². The summed E-state index contributed by atoms with van der Waals surface area (Å²) in [6, 6.07) is 11.8. The van der Waals surface area contributed by atoms with Crippen LogP contribution in [0.3, 0.4) is 0 Å². The van der Waals surface area contributed by atoms with E-state index in [0.717, 1.165) is 62.9 Å². The normalized spacial score (nSPS) is 13.3. The lowest BCUT2D eigenvalue weighted by molar-refractivity contribution is -0.117. The van der Waals surface area contributed by atoms with Gasteiger partial charge in [-0.2, -0.15) is 5.10 Å². The third-order valence-electron chi connectivity index (χ3n) is 6.43. The van der Waals surface area contributed by atoms with Crippen molar-refractivity contribution in [3.8, 4) is 33.8 Å². The van der Waals surface area contributed by atoms with Crippen LogP contribution in [0.1, 0.15) is 12.8 Å². The van der Waals surface area contributed by atoms with Crippen molar-refractivity contribution in [3.05, 3.63) is 73.6 Å². The first-order valence-corrected chi connectivity index (χ1v) is 11.7. The summed E-state index contributed by atoms with van der Waals surface area (Å²) in [5, 5.41) is 11.6. The van der Waals surface area contributed by atoms with Crippen LogP contribution in [0.15, 0.2) is 73.6 Å². The van der Waals surface area contributed by atoms with Gasteiger partial charge in [0.05, 0.1) is 40.5 Å². The first-order valence-electron chi connectivity index (χ1n) is 11.7. The molecule has 3 N–H and O–H groups in total. The van der Waals surface area contributed by atoms with Crippen molar-refractivity contribution >= 4 is 33.5 Å². The largest absolute Gasteiger partial charge is 0.352 e. The molecule has 1 aliphatic rings. The van der Waals surface area contributed by atoms with Gasteiger partial charge < -0.3 is 10.3 Å². The number of pyridine rings is 4. The molecule has 1 fully saturated rings. The Morgan fingerprint density at radius 3 is 2.67 bits per heavy atom. The second-order valence-electron chi connectivity index (χ2n) is 8.96. The van der Waals surface area contributed by atoms with Crippen LogP contribution in [0.25, 0.3) is 55.7 Å². The standard InChI is InChI=1S/C27H20N8O/c36-27(15-3-4-15)31-18-8-17(11-29-12-18)21-5-6-22-25(33-21)26(35-34-22)23-9-19-20(13-30-14-24(19)32-23)16-2-1-7-28-10-16/h1-2,5-15,32H,3-4H2,(H,31,36)(H,34,35). The Morgan fingerprint density at radius 2 is 1.81 bits per heavy atom. The summed E-state index contributed by atoms with van der Waals surface area (Å²) in [5.74, 6) is 0.176. The number of H-pyrrole nitrogens is 2. The van der Waals surface area contributed by atoms with Crippen LogP contribution in [-0.2, 0) is 4.79 Å². The van der Waals surface area contributed by atoms with E-state index in [2.05, 4.69) is 41.5 Å². The van der Waals surface area contributed by atoms with Crippen molar-refractivity contribution in [1.82, 2.24) is 35.1 Å². The summed E-state index contributed by atoms with van der Waals surface area (Å²) in [6.07, 6.45) is 12.5. The second kappa shape index (κ2) is 8.09. The molecule has 7 rings (SSSR count). The zero-order chi connectivity index (χ0) is 24.1. The average molecular weight is 473 g/mol. The van der Waals surface area contributed by atoms with Gasteiger partial charge in [-0.1, -0.05) is 6.07 Å². The highest BCUT2D eigenvalue weighted by Crippen LogP contribution is 2.34. The van der Waals surface area contributed by atoms with E-state index in [0.29, 0.717) is 11.4 Å². The molecule has 0 bridgehead atoms. The molecule has 1 aliphatic carbocycles. The molecule has 9 heteroatoms. The van der Waals surface area contributed by atoms with Gasteiger partial charge in [-0.3, -0.25) is 24.8 Å². The van der Waals surface area contributed by atoms with Crippen molar-refractivity contribution in [3.63, 3.8) is 0 Å². The van der Waals surface area contributed by atoms with Crippen molar-refractivity contribution in [2.75, 3.05) is 5.32 Å². The second-order valence-corrected chi connectivity index (χ2v) is 8.96. The Balaban J connectivity index is 1.28. The molecule has 1 amide bonds. The number of carbonyl (C=O) groups is 1. The average Bonchev–Trinajstić information content (AvgIpc) is 3.55. The Labute approximate surface area is 205 Å². The van der Waals surface area contributed by atoms with Gasteiger partial charge in [0.25, 0.3) is 0 Å². The third-order valence-corrected chi connectivity index (χ3v) is 6.43. The zero-order valence-electron chi connectivity index (χ0n) is 19.1. The fourth-order valence-electron chi connectivity index (χ4n) is 4.42. The summed E-state index contributed by atoms with van der Waals surface area (Å²) >= 11 is 0. The number of nitrogens with one attached hydrogen (secondary N) is 3. The Kier molecular flexibility index (Phi) is 4.60. The van der Waals surface area contributed by atoms with E-state index in [1.165, 1.54) is 0 Å². The van der Waals surface area contributed by atoms with Crippen LogP contribution in [-0.4, -0.2) is 41.0 Å². The SMILES string of the molecule is O=C(Nc1cncc(-c2ccc3[nH]nc(-c4cc5c(-c6cccnc6)cncc5[nH]4)c3n2)c1)C1CC1. The molecule has 6 aromatic heterocycles. The van der Waals surface area contributed by atoms with Crippen LogP contribution in [0.4, 0.5) is 5.69 Å². The van der Waals surface area contributed by atoms with E-state index in [1.54, 1.807) is 24.8 Å². The number of carbonyl (C=O) groups excluding carboxylic acids is 1. The molecule has 0 spiro atoms. The van der Waals surface area contributed by atoms with Gasteiger partial charge in [0.15, 0.2) is 0 Å². The van der Waals surface area contributed by atoms with Crippen molar-refractivity contribution in [2.24, 2.45) is 5.92 Å². The molecule has 6 heterocycles. The van der Waals surface area contributed by atoms with Gasteiger partial charge >= 0.3 is 0 Å². The van der Waals surface area contributed by atoms with Gasteiger partial charge in [0.1, 0.15) is 11.2 Å². The van der Waals surface area contributed by atoms with Gasteiger partial charge in [0.2, 0.25) is 5.91 Å². The highest BCUT2D eigenvalue weighted by atomic mass is 16.2. The first kappa shape index (κ1) is 20.5. The number of amides is 1. The van der Waals surface area contributed by atoms with E-state index in [-0.39, 0.29) is 11.8 Å². The molecule has 36 heavy (non-hydrogen) atoms. The number of hydrogen-bond donors (Lipinski definition) is 3. The molecule has 0 aliphatic heterocycles. The molecule has 174 valence electrons. The first-order chi connectivity index (χ1) is 17.7. The smallest absolute Gasteiger partial charge is 0.227 e.